The number of nitrogens with one attached hydrogen (secondary N) is 1. The Balaban J connectivity index is 1.89. The number of piperidine rings is 1. The molecule has 1 amide bonds. The predicted molar refractivity (Wildman–Crippen MR) is 104 cm³/mol. The first-order chi connectivity index (χ1) is 11.9. The summed E-state index contributed by atoms with van der Waals surface area (Å²) in [5.41, 5.74) is 7.30. The molecule has 1 aliphatic rings. The molecule has 3 N–H and O–H groups in total. The Hall–Kier alpha value is -1.39. The molecule has 0 saturated carbocycles. The van der Waals surface area contributed by atoms with Crippen LogP contribution in [-0.2, 0) is 4.79 Å². The standard InChI is InChI=1S/C21H35N3O/c1-15(2)19(24-12-10-16(3)11-13-24)14-23-21(25)17(4)20(22)18-8-6-5-7-9-18/h5-9,15-17,19-20H,10-14,22H2,1-4H3,(H,23,25). The Morgan fingerprint density at radius 2 is 1.80 bits per heavy atom. The molecular weight excluding hydrogens is 310 g/mol. The first-order valence-corrected chi connectivity index (χ1v) is 9.72. The number of amides is 1. The van der Waals surface area contributed by atoms with Crippen molar-refractivity contribution in [2.24, 2.45) is 23.5 Å². The van der Waals surface area contributed by atoms with Crippen molar-refractivity contribution in [2.75, 3.05) is 19.6 Å². The lowest BCUT2D eigenvalue weighted by Gasteiger charge is -2.39. The first kappa shape index (κ1) is 19.9. The number of likely N-dealkylation sites (tertiary alicyclic amines) is 1. The van der Waals surface area contributed by atoms with Gasteiger partial charge in [-0.25, -0.2) is 0 Å². The molecule has 1 saturated heterocycles. The van der Waals surface area contributed by atoms with E-state index < -0.39 is 0 Å². The average Bonchev–Trinajstić information content (AvgIpc) is 2.62. The molecule has 0 aliphatic carbocycles. The van der Waals surface area contributed by atoms with E-state index in [1.165, 1.54) is 12.8 Å². The van der Waals surface area contributed by atoms with Gasteiger partial charge in [0.25, 0.3) is 0 Å². The van der Waals surface area contributed by atoms with Gasteiger partial charge in [0.05, 0.1) is 5.92 Å². The lowest BCUT2D eigenvalue weighted by molar-refractivity contribution is -0.125. The summed E-state index contributed by atoms with van der Waals surface area (Å²) in [5.74, 6) is 1.15. The van der Waals surface area contributed by atoms with E-state index in [1.807, 2.05) is 37.3 Å². The molecule has 1 aliphatic heterocycles. The number of nitrogens with zero attached hydrogens (tertiary/aromatic N) is 1. The van der Waals surface area contributed by atoms with Gasteiger partial charge in [-0.3, -0.25) is 9.69 Å². The highest BCUT2D eigenvalue weighted by atomic mass is 16.1. The Kier molecular flexibility index (Phi) is 7.45. The molecule has 1 aromatic rings. The number of carbonyl (C=O) groups is 1. The van der Waals surface area contributed by atoms with Gasteiger partial charge >= 0.3 is 0 Å². The van der Waals surface area contributed by atoms with Crippen molar-refractivity contribution in [1.82, 2.24) is 10.2 Å². The molecule has 3 unspecified atom stereocenters. The number of carbonyl (C=O) groups excluding carboxylic acids is 1. The van der Waals surface area contributed by atoms with E-state index in [4.69, 9.17) is 5.73 Å². The zero-order valence-corrected chi connectivity index (χ0v) is 16.2. The Bertz CT molecular complexity index is 523. The minimum Gasteiger partial charge on any atom is -0.354 e. The Morgan fingerprint density at radius 1 is 1.20 bits per heavy atom. The number of hydrogen-bond donors (Lipinski definition) is 2. The Labute approximate surface area is 153 Å². The van der Waals surface area contributed by atoms with Crippen LogP contribution in [0.15, 0.2) is 30.3 Å². The molecule has 4 nitrogen and oxygen atoms in total. The molecule has 3 atom stereocenters. The normalized spacial score (nSPS) is 20.2. The third-order valence-electron chi connectivity index (χ3n) is 5.68. The van der Waals surface area contributed by atoms with Crippen molar-refractivity contribution in [3.8, 4) is 0 Å². The van der Waals surface area contributed by atoms with Gasteiger partial charge in [-0.2, -0.15) is 0 Å². The first-order valence-electron chi connectivity index (χ1n) is 9.72. The molecule has 1 heterocycles. The van der Waals surface area contributed by atoms with Gasteiger partial charge in [0.15, 0.2) is 0 Å². The topological polar surface area (TPSA) is 58.4 Å². The van der Waals surface area contributed by atoms with Crippen LogP contribution in [-0.4, -0.2) is 36.5 Å². The van der Waals surface area contributed by atoms with Crippen molar-refractivity contribution >= 4 is 5.91 Å². The van der Waals surface area contributed by atoms with Gasteiger partial charge in [0.2, 0.25) is 5.91 Å². The van der Waals surface area contributed by atoms with Crippen molar-refractivity contribution in [1.29, 1.82) is 0 Å². The second-order valence-electron chi connectivity index (χ2n) is 8.00. The number of rotatable bonds is 7. The van der Waals surface area contributed by atoms with Crippen LogP contribution in [0.1, 0.15) is 52.1 Å². The summed E-state index contributed by atoms with van der Waals surface area (Å²) in [6.45, 7) is 11.7. The van der Waals surface area contributed by atoms with Gasteiger partial charge in [-0.1, -0.05) is 58.0 Å². The average molecular weight is 346 g/mol. The third kappa shape index (κ3) is 5.55. The van der Waals surface area contributed by atoms with E-state index >= 15 is 0 Å². The highest BCUT2D eigenvalue weighted by Gasteiger charge is 2.27. The van der Waals surface area contributed by atoms with Gasteiger partial charge in [-0.05, 0) is 43.3 Å². The maximum Gasteiger partial charge on any atom is 0.224 e. The second-order valence-corrected chi connectivity index (χ2v) is 8.00. The largest absolute Gasteiger partial charge is 0.354 e. The van der Waals surface area contributed by atoms with Crippen molar-refractivity contribution in [2.45, 2.75) is 52.6 Å². The number of hydrogen-bond acceptors (Lipinski definition) is 3. The quantitative estimate of drug-likeness (QED) is 0.798. The van der Waals surface area contributed by atoms with Crippen LogP contribution in [0.5, 0.6) is 0 Å². The zero-order valence-electron chi connectivity index (χ0n) is 16.2. The maximum atomic E-state index is 12.6. The minimum absolute atomic E-state index is 0.0485. The molecule has 0 aromatic heterocycles. The van der Waals surface area contributed by atoms with Crippen molar-refractivity contribution < 1.29 is 4.79 Å². The molecule has 1 fully saturated rings. The van der Waals surface area contributed by atoms with Gasteiger partial charge < -0.3 is 11.1 Å². The summed E-state index contributed by atoms with van der Waals surface area (Å²) in [6, 6.07) is 10.00. The molecule has 0 radical (unpaired) electrons. The van der Waals surface area contributed by atoms with Crippen LogP contribution in [0.25, 0.3) is 0 Å². The van der Waals surface area contributed by atoms with Crippen LogP contribution >= 0.6 is 0 Å². The molecule has 0 bridgehead atoms. The smallest absolute Gasteiger partial charge is 0.224 e. The van der Waals surface area contributed by atoms with Crippen molar-refractivity contribution in [3.05, 3.63) is 35.9 Å². The Morgan fingerprint density at radius 3 is 2.36 bits per heavy atom. The van der Waals surface area contributed by atoms with Gasteiger partial charge in [0, 0.05) is 18.6 Å². The monoisotopic (exact) mass is 345 g/mol. The lowest BCUT2D eigenvalue weighted by atomic mass is 9.93. The van der Waals surface area contributed by atoms with E-state index in [2.05, 4.69) is 31.0 Å². The van der Waals surface area contributed by atoms with Crippen molar-refractivity contribution in [3.63, 3.8) is 0 Å². The summed E-state index contributed by atoms with van der Waals surface area (Å²) in [5, 5.41) is 3.16. The zero-order chi connectivity index (χ0) is 18.4. The molecule has 0 spiro atoms. The second kappa shape index (κ2) is 9.35. The van der Waals surface area contributed by atoms with E-state index in [9.17, 15) is 4.79 Å². The van der Waals surface area contributed by atoms with Crippen LogP contribution in [0.4, 0.5) is 0 Å². The SMILES string of the molecule is CC1CCN(C(CNC(=O)C(C)C(N)c2ccccc2)C(C)C)CC1. The number of benzene rings is 1. The van der Waals surface area contributed by atoms with E-state index in [-0.39, 0.29) is 17.9 Å². The van der Waals surface area contributed by atoms with E-state index in [0.29, 0.717) is 18.5 Å². The maximum absolute atomic E-state index is 12.6. The predicted octanol–water partition coefficient (Wildman–Crippen LogP) is 3.20. The lowest BCUT2D eigenvalue weighted by Crippen LogP contribution is -2.50. The fourth-order valence-electron chi connectivity index (χ4n) is 3.64. The summed E-state index contributed by atoms with van der Waals surface area (Å²) < 4.78 is 0. The highest BCUT2D eigenvalue weighted by molar-refractivity contribution is 5.79. The third-order valence-corrected chi connectivity index (χ3v) is 5.68. The summed E-state index contributed by atoms with van der Waals surface area (Å²) >= 11 is 0. The fraction of sp³-hybridized carbons (Fsp3) is 0.667. The molecule has 1 aromatic carbocycles. The van der Waals surface area contributed by atoms with E-state index in [0.717, 1.165) is 24.6 Å². The summed E-state index contributed by atoms with van der Waals surface area (Å²) in [4.78, 5) is 15.2. The van der Waals surface area contributed by atoms with E-state index in [1.54, 1.807) is 0 Å². The van der Waals surface area contributed by atoms with Gasteiger partial charge in [-0.15, -0.1) is 0 Å². The fourth-order valence-corrected chi connectivity index (χ4v) is 3.64. The summed E-state index contributed by atoms with van der Waals surface area (Å²) in [7, 11) is 0. The molecule has 25 heavy (non-hydrogen) atoms. The molecule has 2 rings (SSSR count). The highest BCUT2D eigenvalue weighted by Crippen LogP contribution is 2.22. The van der Waals surface area contributed by atoms with Crippen LogP contribution < -0.4 is 11.1 Å². The van der Waals surface area contributed by atoms with Crippen LogP contribution in [0.3, 0.4) is 0 Å². The van der Waals surface area contributed by atoms with Crippen LogP contribution in [0.2, 0.25) is 0 Å². The van der Waals surface area contributed by atoms with Gasteiger partial charge in [0.1, 0.15) is 0 Å². The summed E-state index contributed by atoms with van der Waals surface area (Å²) in [6.07, 6.45) is 2.51. The molecule has 4 heteroatoms. The number of nitrogens with two attached hydrogens (primary N) is 1. The molecule has 140 valence electrons. The molecular formula is C21H35N3O. The minimum atomic E-state index is -0.269. The van der Waals surface area contributed by atoms with Crippen LogP contribution in [0, 0.1) is 17.8 Å².